The summed E-state index contributed by atoms with van der Waals surface area (Å²) in [4.78, 5) is 0. The topological polar surface area (TPSA) is 40.5 Å². The highest BCUT2D eigenvalue weighted by atomic mass is 32.1. The first kappa shape index (κ1) is 10.7. The Morgan fingerprint density at radius 3 is 2.64 bits per heavy atom. The van der Waals surface area contributed by atoms with Crippen LogP contribution in [0.3, 0.4) is 0 Å². The van der Waals surface area contributed by atoms with Crippen molar-refractivity contribution in [3.63, 3.8) is 0 Å². The van der Waals surface area contributed by atoms with Crippen molar-refractivity contribution in [1.82, 2.24) is 0 Å². The maximum absolute atomic E-state index is 9.55. The number of phenols is 1. The molecular weight excluding hydrogens is 196 g/mol. The highest BCUT2D eigenvalue weighted by molar-refractivity contribution is 7.83. The second-order valence-electron chi connectivity index (χ2n) is 2.97. The first-order chi connectivity index (χ1) is 6.56. The number of aliphatic hydroxyl groups excluding tert-OH is 1. The molecule has 0 atom stereocenters. The predicted molar refractivity (Wildman–Crippen MR) is 62.5 cm³/mol. The fraction of sp³-hybridized carbons (Fsp3) is 0.0909. The van der Waals surface area contributed by atoms with Gasteiger partial charge in [-0.3, -0.25) is 0 Å². The molecule has 0 aliphatic heterocycles. The molecule has 2 nitrogen and oxygen atoms in total. The van der Waals surface area contributed by atoms with Crippen molar-refractivity contribution in [2.24, 2.45) is 0 Å². The van der Waals surface area contributed by atoms with E-state index in [0.717, 1.165) is 11.1 Å². The molecule has 0 saturated carbocycles. The molecule has 0 heterocycles. The van der Waals surface area contributed by atoms with Gasteiger partial charge in [0.15, 0.2) is 0 Å². The van der Waals surface area contributed by atoms with Crippen LogP contribution in [0.1, 0.15) is 16.7 Å². The minimum Gasteiger partial charge on any atom is -0.508 e. The third-order valence-corrected chi connectivity index (χ3v) is 2.16. The molecule has 3 heteroatoms. The lowest BCUT2D eigenvalue weighted by Gasteiger charge is -2.07. The van der Waals surface area contributed by atoms with E-state index in [1.165, 1.54) is 6.07 Å². The number of phenolic OH excluding ortho intramolecular Hbond substituents is 1. The monoisotopic (exact) mass is 208 g/mol. The number of hydrogen-bond acceptors (Lipinski definition) is 3. The summed E-state index contributed by atoms with van der Waals surface area (Å²) >= 11 is 3.95. The Morgan fingerprint density at radius 1 is 1.50 bits per heavy atom. The van der Waals surface area contributed by atoms with E-state index in [9.17, 15) is 10.2 Å². The second-order valence-corrected chi connectivity index (χ2v) is 3.27. The summed E-state index contributed by atoms with van der Waals surface area (Å²) in [5.74, 6) is 0.0771. The molecule has 0 aliphatic rings. The number of hydrogen-bond donors (Lipinski definition) is 3. The van der Waals surface area contributed by atoms with Crippen molar-refractivity contribution in [3.8, 4) is 5.75 Å². The predicted octanol–water partition coefficient (Wildman–Crippen LogP) is 3.13. The Morgan fingerprint density at radius 2 is 2.14 bits per heavy atom. The van der Waals surface area contributed by atoms with Gasteiger partial charge in [0.2, 0.25) is 0 Å². The zero-order valence-electron chi connectivity index (χ0n) is 7.86. The normalized spacial score (nSPS) is 10.7. The SMILES string of the molecule is C=C(O)c1cc(O)c(C)c(/C=C\S)c1. The van der Waals surface area contributed by atoms with Crippen LogP contribution in [-0.2, 0) is 0 Å². The summed E-state index contributed by atoms with van der Waals surface area (Å²) < 4.78 is 0. The Labute approximate surface area is 88.6 Å². The van der Waals surface area contributed by atoms with Crippen LogP contribution < -0.4 is 0 Å². The van der Waals surface area contributed by atoms with E-state index in [4.69, 9.17) is 0 Å². The van der Waals surface area contributed by atoms with Crippen LogP contribution in [0.15, 0.2) is 24.1 Å². The van der Waals surface area contributed by atoms with Gasteiger partial charge < -0.3 is 10.2 Å². The van der Waals surface area contributed by atoms with Gasteiger partial charge in [0.1, 0.15) is 11.5 Å². The van der Waals surface area contributed by atoms with Crippen LogP contribution in [0.4, 0.5) is 0 Å². The highest BCUT2D eigenvalue weighted by Gasteiger charge is 2.05. The van der Waals surface area contributed by atoms with Crippen LogP contribution in [0.5, 0.6) is 5.75 Å². The molecule has 0 aromatic heterocycles. The maximum atomic E-state index is 9.55. The first-order valence-corrected chi connectivity index (χ1v) is 4.60. The molecule has 1 aromatic carbocycles. The largest absolute Gasteiger partial charge is 0.508 e. The van der Waals surface area contributed by atoms with E-state index in [1.807, 2.05) is 0 Å². The highest BCUT2D eigenvalue weighted by Crippen LogP contribution is 2.26. The molecule has 0 fully saturated rings. The number of aromatic hydroxyl groups is 1. The number of thiol groups is 1. The van der Waals surface area contributed by atoms with Gasteiger partial charge in [-0.15, -0.1) is 0 Å². The lowest BCUT2D eigenvalue weighted by atomic mass is 10.0. The Kier molecular flexibility index (Phi) is 3.25. The van der Waals surface area contributed by atoms with Gasteiger partial charge in [-0.25, -0.2) is 0 Å². The summed E-state index contributed by atoms with van der Waals surface area (Å²) in [6.07, 6.45) is 1.74. The molecule has 14 heavy (non-hydrogen) atoms. The standard InChI is InChI=1S/C11H12O2S/c1-7-9(3-4-14)5-10(8(2)12)6-11(7)13/h3-6,12-14H,2H2,1H3/b4-3-. The van der Waals surface area contributed by atoms with E-state index in [2.05, 4.69) is 19.2 Å². The first-order valence-electron chi connectivity index (χ1n) is 4.09. The van der Waals surface area contributed by atoms with Crippen molar-refractivity contribution in [2.75, 3.05) is 0 Å². The molecule has 0 radical (unpaired) electrons. The maximum Gasteiger partial charge on any atom is 0.119 e. The van der Waals surface area contributed by atoms with Gasteiger partial charge in [0, 0.05) is 5.56 Å². The Balaban J connectivity index is 3.35. The molecular formula is C11H12O2S. The molecule has 0 spiro atoms. The van der Waals surface area contributed by atoms with Gasteiger partial charge in [-0.05, 0) is 41.7 Å². The molecule has 0 bridgehead atoms. The van der Waals surface area contributed by atoms with E-state index in [0.29, 0.717) is 5.56 Å². The van der Waals surface area contributed by atoms with Crippen molar-refractivity contribution in [3.05, 3.63) is 40.8 Å². The van der Waals surface area contributed by atoms with E-state index in [1.54, 1.807) is 24.5 Å². The molecule has 1 aromatic rings. The van der Waals surface area contributed by atoms with Crippen molar-refractivity contribution >= 4 is 24.5 Å². The third-order valence-electron chi connectivity index (χ3n) is 2.01. The zero-order valence-corrected chi connectivity index (χ0v) is 8.75. The Hall–Kier alpha value is -1.35. The fourth-order valence-corrected chi connectivity index (χ4v) is 1.30. The number of rotatable bonds is 2. The average molecular weight is 208 g/mol. The third kappa shape index (κ3) is 2.12. The lowest BCUT2D eigenvalue weighted by Crippen LogP contribution is -1.87. The van der Waals surface area contributed by atoms with Crippen molar-refractivity contribution in [1.29, 1.82) is 0 Å². The zero-order chi connectivity index (χ0) is 10.7. The molecule has 0 aliphatic carbocycles. The molecule has 0 saturated heterocycles. The van der Waals surface area contributed by atoms with Crippen LogP contribution in [-0.4, -0.2) is 10.2 Å². The van der Waals surface area contributed by atoms with E-state index >= 15 is 0 Å². The molecule has 2 N–H and O–H groups in total. The molecule has 1 rings (SSSR count). The summed E-state index contributed by atoms with van der Waals surface area (Å²) in [6.45, 7) is 5.19. The second kappa shape index (κ2) is 4.24. The van der Waals surface area contributed by atoms with Crippen LogP contribution in [0.2, 0.25) is 0 Å². The Bertz CT molecular complexity index is 395. The van der Waals surface area contributed by atoms with Crippen molar-refractivity contribution < 1.29 is 10.2 Å². The summed E-state index contributed by atoms with van der Waals surface area (Å²) in [5, 5.41) is 20.3. The van der Waals surface area contributed by atoms with Gasteiger partial charge in [0.05, 0.1) is 0 Å². The smallest absolute Gasteiger partial charge is 0.119 e. The minimum absolute atomic E-state index is 0.0610. The minimum atomic E-state index is -0.0610. The van der Waals surface area contributed by atoms with Gasteiger partial charge in [0.25, 0.3) is 0 Å². The van der Waals surface area contributed by atoms with Crippen LogP contribution in [0.25, 0.3) is 11.8 Å². The number of benzene rings is 1. The molecule has 0 amide bonds. The van der Waals surface area contributed by atoms with E-state index in [-0.39, 0.29) is 11.5 Å². The lowest BCUT2D eigenvalue weighted by molar-refractivity contribution is 0.468. The molecule has 0 unspecified atom stereocenters. The van der Waals surface area contributed by atoms with Gasteiger partial charge >= 0.3 is 0 Å². The quantitative estimate of drug-likeness (QED) is 0.516. The number of aliphatic hydroxyl groups is 1. The van der Waals surface area contributed by atoms with Crippen LogP contribution >= 0.6 is 12.6 Å². The summed E-state index contributed by atoms with van der Waals surface area (Å²) in [6, 6.07) is 3.22. The average Bonchev–Trinajstić information content (AvgIpc) is 2.12. The fourth-order valence-electron chi connectivity index (χ4n) is 1.14. The van der Waals surface area contributed by atoms with Gasteiger partial charge in [-0.2, -0.15) is 12.6 Å². The van der Waals surface area contributed by atoms with E-state index < -0.39 is 0 Å². The van der Waals surface area contributed by atoms with Crippen LogP contribution in [0, 0.1) is 6.92 Å². The molecule has 74 valence electrons. The van der Waals surface area contributed by atoms with Crippen molar-refractivity contribution in [2.45, 2.75) is 6.92 Å². The summed E-state index contributed by atoms with van der Waals surface area (Å²) in [5.41, 5.74) is 2.07. The summed E-state index contributed by atoms with van der Waals surface area (Å²) in [7, 11) is 0. The van der Waals surface area contributed by atoms with Gasteiger partial charge in [-0.1, -0.05) is 6.58 Å².